The molecule has 154 valence electrons. The van der Waals surface area contributed by atoms with Gasteiger partial charge in [0.05, 0.1) is 13.2 Å². The Morgan fingerprint density at radius 2 is 1.86 bits per heavy atom. The highest BCUT2D eigenvalue weighted by Crippen LogP contribution is 2.18. The number of piperidine rings is 1. The van der Waals surface area contributed by atoms with E-state index >= 15 is 0 Å². The molecule has 3 heterocycles. The molecular formula is C21H27N5O3. The summed E-state index contributed by atoms with van der Waals surface area (Å²) in [5.74, 6) is 0.555. The van der Waals surface area contributed by atoms with E-state index in [0.717, 1.165) is 25.9 Å². The average molecular weight is 397 g/mol. The normalized spacial score (nSPS) is 19.8. The first-order chi connectivity index (χ1) is 14.2. The van der Waals surface area contributed by atoms with Crippen molar-refractivity contribution >= 4 is 11.8 Å². The van der Waals surface area contributed by atoms with E-state index < -0.39 is 0 Å². The summed E-state index contributed by atoms with van der Waals surface area (Å²) in [5, 5.41) is 7.89. The Kier molecular flexibility index (Phi) is 5.80. The molecule has 1 aromatic heterocycles. The third kappa shape index (κ3) is 4.27. The van der Waals surface area contributed by atoms with Gasteiger partial charge in [-0.2, -0.15) is 5.10 Å². The number of piperazine rings is 1. The van der Waals surface area contributed by atoms with Crippen molar-refractivity contribution in [3.8, 4) is 5.75 Å². The first kappa shape index (κ1) is 19.4. The van der Waals surface area contributed by atoms with Crippen LogP contribution in [-0.4, -0.2) is 77.8 Å². The van der Waals surface area contributed by atoms with Crippen LogP contribution in [0.25, 0.3) is 0 Å². The highest BCUT2D eigenvalue weighted by molar-refractivity contribution is 5.95. The number of ether oxygens (including phenoxy) is 1. The molecule has 2 aliphatic rings. The van der Waals surface area contributed by atoms with E-state index in [-0.39, 0.29) is 11.8 Å². The summed E-state index contributed by atoms with van der Waals surface area (Å²) in [6.45, 7) is 3.96. The number of hydrogen-bond donors (Lipinski definition) is 1. The molecule has 1 aromatic carbocycles. The fourth-order valence-corrected chi connectivity index (χ4v) is 3.93. The fraction of sp³-hybridized carbons (Fsp3) is 0.476. The van der Waals surface area contributed by atoms with Crippen LogP contribution in [0.3, 0.4) is 0 Å². The molecule has 1 atom stereocenters. The van der Waals surface area contributed by atoms with Crippen molar-refractivity contribution < 1.29 is 14.3 Å². The van der Waals surface area contributed by atoms with Crippen LogP contribution < -0.4 is 10.1 Å². The van der Waals surface area contributed by atoms with Crippen molar-refractivity contribution in [3.63, 3.8) is 0 Å². The number of nitrogens with zero attached hydrogens (tertiary/aromatic N) is 4. The van der Waals surface area contributed by atoms with Crippen LogP contribution in [0.5, 0.6) is 5.75 Å². The molecule has 2 amide bonds. The Bertz CT molecular complexity index is 867. The summed E-state index contributed by atoms with van der Waals surface area (Å²) in [6, 6.07) is 9.26. The molecule has 4 rings (SSSR count). The number of amides is 2. The first-order valence-electron chi connectivity index (χ1n) is 10.1. The Morgan fingerprint density at radius 3 is 2.55 bits per heavy atom. The molecule has 29 heavy (non-hydrogen) atoms. The molecule has 8 heteroatoms. The first-order valence-corrected chi connectivity index (χ1v) is 10.1. The third-order valence-electron chi connectivity index (χ3n) is 5.64. The van der Waals surface area contributed by atoms with Gasteiger partial charge in [-0.25, -0.2) is 0 Å². The summed E-state index contributed by atoms with van der Waals surface area (Å²) in [7, 11) is 1.58. The van der Waals surface area contributed by atoms with Crippen LogP contribution in [0.1, 0.15) is 39.7 Å². The summed E-state index contributed by atoms with van der Waals surface area (Å²) < 4.78 is 7.10. The van der Waals surface area contributed by atoms with Crippen LogP contribution in [0.15, 0.2) is 36.5 Å². The molecule has 1 N–H and O–H groups in total. The number of methoxy groups -OCH3 is 1. The number of benzene rings is 1. The second kappa shape index (κ2) is 8.65. The zero-order valence-electron chi connectivity index (χ0n) is 16.7. The summed E-state index contributed by atoms with van der Waals surface area (Å²) >= 11 is 0. The lowest BCUT2D eigenvalue weighted by atomic mass is 10.1. The van der Waals surface area contributed by atoms with E-state index in [1.54, 1.807) is 35.1 Å². The van der Waals surface area contributed by atoms with E-state index in [2.05, 4.69) is 10.4 Å². The van der Waals surface area contributed by atoms with Gasteiger partial charge < -0.3 is 19.9 Å². The van der Waals surface area contributed by atoms with Crippen LogP contribution in [0, 0.1) is 0 Å². The second-order valence-corrected chi connectivity index (χ2v) is 7.50. The maximum Gasteiger partial charge on any atom is 0.274 e. The van der Waals surface area contributed by atoms with E-state index in [0.29, 0.717) is 49.2 Å². The lowest BCUT2D eigenvalue weighted by Crippen LogP contribution is -2.50. The van der Waals surface area contributed by atoms with Gasteiger partial charge in [0.1, 0.15) is 11.4 Å². The average Bonchev–Trinajstić information content (AvgIpc) is 3.29. The quantitative estimate of drug-likeness (QED) is 0.844. The fourth-order valence-electron chi connectivity index (χ4n) is 3.93. The van der Waals surface area contributed by atoms with Crippen molar-refractivity contribution in [1.82, 2.24) is 24.9 Å². The van der Waals surface area contributed by atoms with E-state index in [1.165, 1.54) is 0 Å². The zero-order chi connectivity index (χ0) is 20.2. The maximum atomic E-state index is 12.8. The van der Waals surface area contributed by atoms with Gasteiger partial charge in [0.15, 0.2) is 0 Å². The number of carbonyl (C=O) groups excluding carboxylic acids is 2. The molecule has 2 aliphatic heterocycles. The molecule has 2 aromatic rings. The van der Waals surface area contributed by atoms with Crippen molar-refractivity contribution in [1.29, 1.82) is 0 Å². The number of aromatic nitrogens is 2. The molecule has 1 unspecified atom stereocenters. The van der Waals surface area contributed by atoms with Crippen molar-refractivity contribution in [2.24, 2.45) is 0 Å². The predicted octanol–water partition coefficient (Wildman–Crippen LogP) is 1.41. The van der Waals surface area contributed by atoms with Crippen molar-refractivity contribution in [2.45, 2.75) is 18.9 Å². The molecule has 2 fully saturated rings. The Morgan fingerprint density at radius 1 is 1.10 bits per heavy atom. The standard InChI is InChI=1S/C21H27N5O3/c1-29-18-6-2-4-16(14-18)20(27)24-10-12-25(13-11-24)21(28)19-7-9-26(23-19)17-5-3-8-22-15-17/h2,4,6-7,9,14,17,22H,3,5,8,10-13,15H2,1H3. The maximum absolute atomic E-state index is 12.8. The topological polar surface area (TPSA) is 79.7 Å². The number of rotatable bonds is 4. The van der Waals surface area contributed by atoms with Crippen molar-refractivity contribution in [2.75, 3.05) is 46.4 Å². The van der Waals surface area contributed by atoms with Gasteiger partial charge in [-0.1, -0.05) is 6.07 Å². The number of carbonyl (C=O) groups is 2. The number of nitrogens with one attached hydrogen (secondary N) is 1. The van der Waals surface area contributed by atoms with E-state index in [4.69, 9.17) is 4.74 Å². The smallest absolute Gasteiger partial charge is 0.274 e. The van der Waals surface area contributed by atoms with E-state index in [9.17, 15) is 9.59 Å². The van der Waals surface area contributed by atoms with Crippen LogP contribution in [-0.2, 0) is 0 Å². The minimum absolute atomic E-state index is 0.0370. The lowest BCUT2D eigenvalue weighted by molar-refractivity contribution is 0.0531. The van der Waals surface area contributed by atoms with Crippen LogP contribution in [0.2, 0.25) is 0 Å². The highest BCUT2D eigenvalue weighted by Gasteiger charge is 2.27. The van der Waals surface area contributed by atoms with Crippen LogP contribution >= 0.6 is 0 Å². The van der Waals surface area contributed by atoms with Gasteiger partial charge in [0.25, 0.3) is 11.8 Å². The largest absolute Gasteiger partial charge is 0.497 e. The second-order valence-electron chi connectivity index (χ2n) is 7.50. The predicted molar refractivity (Wildman–Crippen MR) is 108 cm³/mol. The zero-order valence-corrected chi connectivity index (χ0v) is 16.7. The van der Waals surface area contributed by atoms with Gasteiger partial charge in [-0.15, -0.1) is 0 Å². The SMILES string of the molecule is COc1cccc(C(=O)N2CCN(C(=O)c3ccn(C4CCCNC4)n3)CC2)c1. The summed E-state index contributed by atoms with van der Waals surface area (Å²) in [5.41, 5.74) is 1.08. The molecule has 0 radical (unpaired) electrons. The summed E-state index contributed by atoms with van der Waals surface area (Å²) in [6.07, 6.45) is 4.10. The summed E-state index contributed by atoms with van der Waals surface area (Å²) in [4.78, 5) is 29.1. The molecule has 0 aliphatic carbocycles. The Labute approximate surface area is 170 Å². The lowest BCUT2D eigenvalue weighted by Gasteiger charge is -2.34. The molecule has 0 bridgehead atoms. The van der Waals surface area contributed by atoms with Gasteiger partial charge in [-0.3, -0.25) is 14.3 Å². The van der Waals surface area contributed by atoms with Crippen LogP contribution in [0.4, 0.5) is 0 Å². The van der Waals surface area contributed by atoms with Gasteiger partial charge in [0, 0.05) is 44.5 Å². The third-order valence-corrected chi connectivity index (χ3v) is 5.64. The Hall–Kier alpha value is -2.87. The minimum Gasteiger partial charge on any atom is -0.497 e. The van der Waals surface area contributed by atoms with Gasteiger partial charge in [0.2, 0.25) is 0 Å². The number of hydrogen-bond acceptors (Lipinski definition) is 5. The molecule has 8 nitrogen and oxygen atoms in total. The molecule has 0 saturated carbocycles. The van der Waals surface area contributed by atoms with Crippen molar-refractivity contribution in [3.05, 3.63) is 47.8 Å². The minimum atomic E-state index is -0.0685. The van der Waals surface area contributed by atoms with Gasteiger partial charge in [-0.05, 0) is 43.7 Å². The molecule has 2 saturated heterocycles. The highest BCUT2D eigenvalue weighted by atomic mass is 16.5. The molecule has 0 spiro atoms. The van der Waals surface area contributed by atoms with Gasteiger partial charge >= 0.3 is 0 Å². The molecular weight excluding hydrogens is 370 g/mol. The Balaban J connectivity index is 1.35. The van der Waals surface area contributed by atoms with E-state index in [1.807, 2.05) is 23.0 Å². The monoisotopic (exact) mass is 397 g/mol.